The number of hydrogen-bond donors (Lipinski definition) is 0. The van der Waals surface area contributed by atoms with Crippen molar-refractivity contribution in [3.8, 4) is 0 Å². The Hall–Kier alpha value is -2.70. The number of benzene rings is 1. The highest BCUT2D eigenvalue weighted by molar-refractivity contribution is 7.99. The minimum Gasteiger partial charge on any atom is -0.467 e. The molecule has 1 amide bonds. The number of aromatic nitrogens is 4. The quantitative estimate of drug-likeness (QED) is 0.491. The second kappa shape index (κ2) is 8.98. The van der Waals surface area contributed by atoms with Crippen molar-refractivity contribution in [2.24, 2.45) is 0 Å². The molecule has 1 saturated heterocycles. The highest BCUT2D eigenvalue weighted by atomic mass is 32.2. The van der Waals surface area contributed by atoms with Gasteiger partial charge in [-0.1, -0.05) is 30.0 Å². The predicted molar refractivity (Wildman–Crippen MR) is 108 cm³/mol. The maximum atomic E-state index is 12.7. The SMILES string of the molecule is O=C(CSc1nnnn1Cc1ccco1)N1CCN(S(=O)(=O)c2ccccc2)CC1. The van der Waals surface area contributed by atoms with Gasteiger partial charge in [-0.15, -0.1) is 5.10 Å². The van der Waals surface area contributed by atoms with E-state index in [2.05, 4.69) is 15.5 Å². The van der Waals surface area contributed by atoms with Crippen LogP contribution < -0.4 is 0 Å². The largest absolute Gasteiger partial charge is 0.467 e. The molecule has 0 spiro atoms. The van der Waals surface area contributed by atoms with Crippen molar-refractivity contribution in [2.75, 3.05) is 31.9 Å². The fraction of sp³-hybridized carbons (Fsp3) is 0.333. The number of amides is 1. The number of sulfonamides is 1. The molecule has 0 saturated carbocycles. The molecule has 1 aliphatic heterocycles. The number of nitrogens with zero attached hydrogens (tertiary/aromatic N) is 6. The van der Waals surface area contributed by atoms with Crippen LogP contribution in [-0.4, -0.2) is 75.7 Å². The van der Waals surface area contributed by atoms with Crippen molar-refractivity contribution >= 4 is 27.7 Å². The molecule has 0 unspecified atom stereocenters. The first-order valence-corrected chi connectivity index (χ1v) is 11.7. The Morgan fingerprint density at radius 1 is 1.07 bits per heavy atom. The fourth-order valence-corrected chi connectivity index (χ4v) is 5.31. The van der Waals surface area contributed by atoms with Gasteiger partial charge in [0.1, 0.15) is 12.3 Å². The van der Waals surface area contributed by atoms with E-state index in [1.165, 1.54) is 16.1 Å². The highest BCUT2D eigenvalue weighted by Crippen LogP contribution is 2.19. The summed E-state index contributed by atoms with van der Waals surface area (Å²) in [5.41, 5.74) is 0. The van der Waals surface area contributed by atoms with Crippen LogP contribution in [0.5, 0.6) is 0 Å². The monoisotopic (exact) mass is 448 g/mol. The van der Waals surface area contributed by atoms with E-state index in [0.717, 1.165) is 0 Å². The number of tetrazole rings is 1. The maximum Gasteiger partial charge on any atom is 0.243 e. The molecule has 0 radical (unpaired) electrons. The Bertz CT molecular complexity index is 1080. The third-order valence-corrected chi connectivity index (χ3v) is 7.54. The number of carbonyl (C=O) groups is 1. The average Bonchev–Trinajstić information content (AvgIpc) is 3.45. The summed E-state index contributed by atoms with van der Waals surface area (Å²) in [6.07, 6.45) is 1.58. The van der Waals surface area contributed by atoms with E-state index in [9.17, 15) is 13.2 Å². The van der Waals surface area contributed by atoms with Gasteiger partial charge < -0.3 is 9.32 Å². The van der Waals surface area contributed by atoms with Crippen molar-refractivity contribution in [3.05, 3.63) is 54.5 Å². The van der Waals surface area contributed by atoms with Crippen molar-refractivity contribution in [1.29, 1.82) is 0 Å². The molecule has 0 atom stereocenters. The van der Waals surface area contributed by atoms with Crippen molar-refractivity contribution < 1.29 is 17.6 Å². The van der Waals surface area contributed by atoms with Gasteiger partial charge in [-0.3, -0.25) is 4.79 Å². The van der Waals surface area contributed by atoms with Gasteiger partial charge in [0.2, 0.25) is 21.1 Å². The Morgan fingerprint density at radius 3 is 2.53 bits per heavy atom. The third kappa shape index (κ3) is 4.55. The molecule has 158 valence electrons. The molecule has 30 heavy (non-hydrogen) atoms. The van der Waals surface area contributed by atoms with Crippen molar-refractivity contribution in [2.45, 2.75) is 16.6 Å². The van der Waals surface area contributed by atoms with E-state index in [1.54, 1.807) is 52.2 Å². The summed E-state index contributed by atoms with van der Waals surface area (Å²) in [4.78, 5) is 14.5. The van der Waals surface area contributed by atoms with E-state index < -0.39 is 10.0 Å². The molecule has 2 aromatic heterocycles. The summed E-state index contributed by atoms with van der Waals surface area (Å²) < 4.78 is 33.7. The molecule has 3 aromatic rings. The molecule has 1 aliphatic rings. The lowest BCUT2D eigenvalue weighted by atomic mass is 10.3. The van der Waals surface area contributed by atoms with Gasteiger partial charge in [-0.25, -0.2) is 13.1 Å². The molecule has 0 bridgehead atoms. The highest BCUT2D eigenvalue weighted by Gasteiger charge is 2.30. The second-order valence-electron chi connectivity index (χ2n) is 6.59. The molecule has 10 nitrogen and oxygen atoms in total. The molecule has 1 fully saturated rings. The van der Waals surface area contributed by atoms with Gasteiger partial charge in [-0.05, 0) is 34.7 Å². The minimum absolute atomic E-state index is 0.0793. The maximum absolute atomic E-state index is 12.7. The number of hydrogen-bond acceptors (Lipinski definition) is 8. The van der Waals surface area contributed by atoms with E-state index in [1.807, 2.05) is 6.07 Å². The van der Waals surface area contributed by atoms with E-state index in [4.69, 9.17) is 4.42 Å². The van der Waals surface area contributed by atoms with Gasteiger partial charge in [-0.2, -0.15) is 4.31 Å². The molecular weight excluding hydrogens is 428 g/mol. The first kappa shape index (κ1) is 20.6. The molecule has 0 N–H and O–H groups in total. The van der Waals surface area contributed by atoms with Crippen LogP contribution in [0.1, 0.15) is 5.76 Å². The standard InChI is InChI=1S/C18H20N6O4S2/c25-17(14-29-18-19-20-21-24(18)13-15-5-4-12-28-15)22-8-10-23(11-9-22)30(26,27)16-6-2-1-3-7-16/h1-7,12H,8-11,13-14H2. The number of furan rings is 1. The van der Waals surface area contributed by atoms with E-state index in [0.29, 0.717) is 30.6 Å². The molecule has 12 heteroatoms. The lowest BCUT2D eigenvalue weighted by Crippen LogP contribution is -2.50. The minimum atomic E-state index is -3.54. The van der Waals surface area contributed by atoms with Crippen LogP contribution in [0.15, 0.2) is 63.2 Å². The Balaban J connectivity index is 1.30. The first-order valence-electron chi connectivity index (χ1n) is 9.28. The van der Waals surface area contributed by atoms with E-state index in [-0.39, 0.29) is 29.6 Å². The Kier molecular flexibility index (Phi) is 6.16. The zero-order valence-corrected chi connectivity index (χ0v) is 17.6. The van der Waals surface area contributed by atoms with Gasteiger partial charge >= 0.3 is 0 Å². The average molecular weight is 449 g/mol. The number of rotatable bonds is 7. The summed E-state index contributed by atoms with van der Waals surface area (Å²) in [6.45, 7) is 1.62. The van der Waals surface area contributed by atoms with Gasteiger partial charge in [0.05, 0.1) is 16.9 Å². The predicted octanol–water partition coefficient (Wildman–Crippen LogP) is 0.940. The van der Waals surface area contributed by atoms with Crippen LogP contribution in [0.25, 0.3) is 0 Å². The number of carbonyl (C=O) groups excluding carboxylic acids is 1. The van der Waals surface area contributed by atoms with Gasteiger partial charge in [0.15, 0.2) is 0 Å². The fourth-order valence-electron chi connectivity index (χ4n) is 3.09. The molecule has 4 rings (SSSR count). The normalized spacial score (nSPS) is 15.4. The summed E-state index contributed by atoms with van der Waals surface area (Å²) in [5, 5.41) is 12.1. The lowest BCUT2D eigenvalue weighted by molar-refractivity contribution is -0.129. The van der Waals surface area contributed by atoms with E-state index >= 15 is 0 Å². The van der Waals surface area contributed by atoms with Gasteiger partial charge in [0.25, 0.3) is 0 Å². The Morgan fingerprint density at radius 2 is 1.83 bits per heavy atom. The van der Waals surface area contributed by atoms with Crippen LogP contribution in [0.4, 0.5) is 0 Å². The Labute approximate surface area is 177 Å². The number of piperazine rings is 1. The van der Waals surface area contributed by atoms with Crippen LogP contribution in [-0.2, 0) is 21.4 Å². The smallest absolute Gasteiger partial charge is 0.243 e. The summed E-state index contributed by atoms with van der Waals surface area (Å²) in [6, 6.07) is 11.9. The number of thioether (sulfide) groups is 1. The molecule has 0 aliphatic carbocycles. The van der Waals surface area contributed by atoms with Crippen LogP contribution in [0.3, 0.4) is 0 Å². The lowest BCUT2D eigenvalue weighted by Gasteiger charge is -2.34. The molecule has 1 aromatic carbocycles. The van der Waals surface area contributed by atoms with Crippen LogP contribution in [0.2, 0.25) is 0 Å². The topological polar surface area (TPSA) is 114 Å². The molecular formula is C18H20N6O4S2. The third-order valence-electron chi connectivity index (χ3n) is 4.68. The second-order valence-corrected chi connectivity index (χ2v) is 9.47. The zero-order valence-electron chi connectivity index (χ0n) is 16.0. The zero-order chi connectivity index (χ0) is 21.0. The van der Waals surface area contributed by atoms with Gasteiger partial charge in [0, 0.05) is 26.2 Å². The molecule has 3 heterocycles. The first-order chi connectivity index (χ1) is 14.5. The van der Waals surface area contributed by atoms with Crippen molar-refractivity contribution in [3.63, 3.8) is 0 Å². The van der Waals surface area contributed by atoms with Crippen LogP contribution >= 0.6 is 11.8 Å². The summed E-state index contributed by atoms with van der Waals surface area (Å²) in [7, 11) is -3.54. The van der Waals surface area contributed by atoms with Crippen LogP contribution in [0, 0.1) is 0 Å². The summed E-state index contributed by atoms with van der Waals surface area (Å²) in [5.74, 6) is 0.805. The van der Waals surface area contributed by atoms with Crippen molar-refractivity contribution in [1.82, 2.24) is 29.4 Å². The summed E-state index contributed by atoms with van der Waals surface area (Å²) >= 11 is 1.24.